The number of hydrogen-bond donors (Lipinski definition) is 1. The number of rotatable bonds is 2. The molecular formula is C15H14ClN3. The molecule has 0 unspecified atom stereocenters. The molecule has 3 aromatic rings. The van der Waals surface area contributed by atoms with E-state index in [-0.39, 0.29) is 0 Å². The van der Waals surface area contributed by atoms with Crippen molar-refractivity contribution in [3.05, 3.63) is 53.1 Å². The third kappa shape index (κ3) is 2.11. The van der Waals surface area contributed by atoms with E-state index >= 15 is 0 Å². The average molecular weight is 272 g/mol. The van der Waals surface area contributed by atoms with Gasteiger partial charge in [-0.1, -0.05) is 17.7 Å². The Hall–Kier alpha value is -1.84. The Balaban J connectivity index is 2.19. The third-order valence-corrected chi connectivity index (χ3v) is 3.54. The smallest absolute Gasteiger partial charge is 0.140 e. The molecule has 2 aromatic carbocycles. The monoisotopic (exact) mass is 271 g/mol. The van der Waals surface area contributed by atoms with Gasteiger partial charge in [-0.3, -0.25) is 0 Å². The van der Waals surface area contributed by atoms with Gasteiger partial charge in [0.2, 0.25) is 0 Å². The average Bonchev–Trinajstić information content (AvgIpc) is 2.76. The summed E-state index contributed by atoms with van der Waals surface area (Å²) in [5, 5.41) is 0.730. The van der Waals surface area contributed by atoms with Crippen molar-refractivity contribution in [3.8, 4) is 11.4 Å². The topological polar surface area (TPSA) is 43.8 Å². The first kappa shape index (κ1) is 12.2. The van der Waals surface area contributed by atoms with Crippen molar-refractivity contribution in [2.45, 2.75) is 6.54 Å². The largest absolute Gasteiger partial charge is 0.327 e. The molecule has 0 bridgehead atoms. The number of aryl methyl sites for hydroxylation is 1. The van der Waals surface area contributed by atoms with E-state index in [2.05, 4.69) is 15.6 Å². The Morgan fingerprint density at radius 1 is 1.16 bits per heavy atom. The van der Waals surface area contributed by atoms with Gasteiger partial charge in [-0.25, -0.2) is 4.98 Å². The Kier molecular flexibility index (Phi) is 3.01. The molecule has 0 fully saturated rings. The molecule has 2 N–H and O–H groups in total. The highest BCUT2D eigenvalue weighted by atomic mass is 35.5. The molecule has 0 aliphatic rings. The first-order valence-electron chi connectivity index (χ1n) is 6.10. The molecule has 0 spiro atoms. The molecule has 1 heterocycles. The predicted octanol–water partition coefficient (Wildman–Crippen LogP) is 3.35. The van der Waals surface area contributed by atoms with Crippen molar-refractivity contribution in [2.75, 3.05) is 0 Å². The van der Waals surface area contributed by atoms with Crippen LogP contribution in [-0.2, 0) is 13.6 Å². The van der Waals surface area contributed by atoms with Gasteiger partial charge in [0.15, 0.2) is 0 Å². The molecule has 0 amide bonds. The van der Waals surface area contributed by atoms with Gasteiger partial charge in [-0.15, -0.1) is 0 Å². The Morgan fingerprint density at radius 3 is 2.58 bits per heavy atom. The maximum absolute atomic E-state index is 5.92. The van der Waals surface area contributed by atoms with Crippen molar-refractivity contribution in [1.82, 2.24) is 9.55 Å². The summed E-state index contributed by atoms with van der Waals surface area (Å²) < 4.78 is 2.08. The number of halogens is 1. The first-order valence-corrected chi connectivity index (χ1v) is 6.48. The molecule has 0 aliphatic heterocycles. The van der Waals surface area contributed by atoms with E-state index in [4.69, 9.17) is 17.3 Å². The summed E-state index contributed by atoms with van der Waals surface area (Å²) in [5.74, 6) is 0.931. The molecule has 0 atom stereocenters. The van der Waals surface area contributed by atoms with Crippen molar-refractivity contribution >= 4 is 22.6 Å². The van der Waals surface area contributed by atoms with Crippen LogP contribution in [0.4, 0.5) is 0 Å². The van der Waals surface area contributed by atoms with E-state index in [1.165, 1.54) is 0 Å². The summed E-state index contributed by atoms with van der Waals surface area (Å²) in [6, 6.07) is 13.8. The van der Waals surface area contributed by atoms with Gasteiger partial charge in [0, 0.05) is 24.2 Å². The Labute approximate surface area is 116 Å². The lowest BCUT2D eigenvalue weighted by Crippen LogP contribution is -1.97. The zero-order valence-electron chi connectivity index (χ0n) is 10.6. The zero-order valence-corrected chi connectivity index (χ0v) is 11.4. The van der Waals surface area contributed by atoms with Gasteiger partial charge < -0.3 is 10.3 Å². The van der Waals surface area contributed by atoms with E-state index < -0.39 is 0 Å². The van der Waals surface area contributed by atoms with Crippen molar-refractivity contribution in [2.24, 2.45) is 12.8 Å². The van der Waals surface area contributed by atoms with Gasteiger partial charge >= 0.3 is 0 Å². The number of nitrogens with zero attached hydrogens (tertiary/aromatic N) is 2. The van der Waals surface area contributed by atoms with E-state index in [1.54, 1.807) is 0 Å². The van der Waals surface area contributed by atoms with Crippen LogP contribution in [-0.4, -0.2) is 9.55 Å². The van der Waals surface area contributed by atoms with Gasteiger partial charge in [0.25, 0.3) is 0 Å². The second-order valence-corrected chi connectivity index (χ2v) is 4.96. The molecule has 96 valence electrons. The molecule has 1 aromatic heterocycles. The van der Waals surface area contributed by atoms with Gasteiger partial charge in [0.1, 0.15) is 5.82 Å². The molecule has 0 radical (unpaired) electrons. The van der Waals surface area contributed by atoms with Gasteiger partial charge in [-0.05, 0) is 42.0 Å². The van der Waals surface area contributed by atoms with E-state index in [0.29, 0.717) is 6.54 Å². The lowest BCUT2D eigenvalue weighted by molar-refractivity contribution is 0.956. The van der Waals surface area contributed by atoms with Crippen molar-refractivity contribution in [3.63, 3.8) is 0 Å². The van der Waals surface area contributed by atoms with Crippen LogP contribution in [0.3, 0.4) is 0 Å². The molecule has 3 nitrogen and oxygen atoms in total. The highest BCUT2D eigenvalue weighted by Gasteiger charge is 2.09. The van der Waals surface area contributed by atoms with Crippen LogP contribution in [0.1, 0.15) is 5.56 Å². The molecule has 0 aliphatic carbocycles. The summed E-state index contributed by atoms with van der Waals surface area (Å²) in [7, 11) is 2.01. The number of hydrogen-bond acceptors (Lipinski definition) is 2. The van der Waals surface area contributed by atoms with E-state index in [1.807, 2.05) is 43.4 Å². The van der Waals surface area contributed by atoms with Crippen molar-refractivity contribution in [1.29, 1.82) is 0 Å². The highest BCUT2D eigenvalue weighted by molar-refractivity contribution is 6.30. The minimum absolute atomic E-state index is 0.539. The summed E-state index contributed by atoms with van der Waals surface area (Å²) >= 11 is 5.92. The summed E-state index contributed by atoms with van der Waals surface area (Å²) in [5.41, 5.74) is 9.91. The normalized spacial score (nSPS) is 11.1. The lowest BCUT2D eigenvalue weighted by Gasteiger charge is -2.03. The highest BCUT2D eigenvalue weighted by Crippen LogP contribution is 2.25. The van der Waals surface area contributed by atoms with E-state index in [9.17, 15) is 0 Å². The van der Waals surface area contributed by atoms with Crippen molar-refractivity contribution < 1.29 is 0 Å². The molecule has 4 heteroatoms. The summed E-state index contributed by atoms with van der Waals surface area (Å²) in [6.45, 7) is 0.539. The fourth-order valence-corrected chi connectivity index (χ4v) is 2.35. The number of imidazole rings is 1. The maximum Gasteiger partial charge on any atom is 0.140 e. The second-order valence-electron chi connectivity index (χ2n) is 4.53. The summed E-state index contributed by atoms with van der Waals surface area (Å²) in [6.07, 6.45) is 0. The standard InChI is InChI=1S/C15H14ClN3/c1-19-14-8-10(9-17)2-7-13(14)18-15(19)11-3-5-12(16)6-4-11/h2-8H,9,17H2,1H3. The Morgan fingerprint density at radius 2 is 1.89 bits per heavy atom. The molecule has 0 saturated carbocycles. The molecule has 0 saturated heterocycles. The third-order valence-electron chi connectivity index (χ3n) is 3.28. The fourth-order valence-electron chi connectivity index (χ4n) is 2.22. The first-order chi connectivity index (χ1) is 9.19. The van der Waals surface area contributed by atoms with Crippen LogP contribution in [0.25, 0.3) is 22.4 Å². The Bertz CT molecular complexity index is 729. The SMILES string of the molecule is Cn1c(-c2ccc(Cl)cc2)nc2ccc(CN)cc21. The fraction of sp³-hybridized carbons (Fsp3) is 0.133. The van der Waals surface area contributed by atoms with E-state index in [0.717, 1.165) is 33.0 Å². The number of fused-ring (bicyclic) bond motifs is 1. The molecule has 19 heavy (non-hydrogen) atoms. The van der Waals surface area contributed by atoms with Crippen LogP contribution < -0.4 is 5.73 Å². The van der Waals surface area contributed by atoms with Crippen LogP contribution in [0.15, 0.2) is 42.5 Å². The van der Waals surface area contributed by atoms with Crippen LogP contribution >= 0.6 is 11.6 Å². The molecular weight excluding hydrogens is 258 g/mol. The minimum atomic E-state index is 0.539. The van der Waals surface area contributed by atoms with Crippen LogP contribution in [0, 0.1) is 0 Å². The van der Waals surface area contributed by atoms with Crippen LogP contribution in [0.5, 0.6) is 0 Å². The molecule has 3 rings (SSSR count). The zero-order chi connectivity index (χ0) is 13.4. The van der Waals surface area contributed by atoms with Gasteiger partial charge in [0.05, 0.1) is 11.0 Å². The summed E-state index contributed by atoms with van der Waals surface area (Å²) in [4.78, 5) is 4.67. The maximum atomic E-state index is 5.92. The second kappa shape index (κ2) is 4.68. The van der Waals surface area contributed by atoms with Gasteiger partial charge in [-0.2, -0.15) is 0 Å². The minimum Gasteiger partial charge on any atom is -0.327 e. The quantitative estimate of drug-likeness (QED) is 0.777. The predicted molar refractivity (Wildman–Crippen MR) is 79.1 cm³/mol. The lowest BCUT2D eigenvalue weighted by atomic mass is 10.2. The number of aromatic nitrogens is 2. The van der Waals surface area contributed by atoms with Crippen LogP contribution in [0.2, 0.25) is 5.02 Å². The number of nitrogens with two attached hydrogens (primary N) is 1. The number of benzene rings is 2.